The molecule has 6 nitrogen and oxygen atoms in total. The summed E-state index contributed by atoms with van der Waals surface area (Å²) < 4.78 is 0. The number of anilines is 1. The van der Waals surface area contributed by atoms with Crippen molar-refractivity contribution in [2.75, 3.05) is 5.32 Å². The van der Waals surface area contributed by atoms with Gasteiger partial charge in [0.25, 0.3) is 11.6 Å². The zero-order chi connectivity index (χ0) is 14.7. The molecule has 0 saturated heterocycles. The number of non-ortho nitro benzene ring substituents is 1. The number of phenols is 1. The van der Waals surface area contributed by atoms with Gasteiger partial charge in [0.1, 0.15) is 5.75 Å². The van der Waals surface area contributed by atoms with Crippen molar-refractivity contribution in [2.24, 2.45) is 0 Å². The van der Waals surface area contributed by atoms with Gasteiger partial charge in [-0.05, 0) is 25.1 Å². The predicted octanol–water partition coefficient (Wildman–Crippen LogP) is 2.86. The van der Waals surface area contributed by atoms with Crippen molar-refractivity contribution < 1.29 is 14.8 Å². The van der Waals surface area contributed by atoms with Crippen molar-refractivity contribution in [3.63, 3.8) is 0 Å². The molecule has 2 N–H and O–H groups in total. The Balaban J connectivity index is 2.27. The Labute approximate surface area is 114 Å². The minimum atomic E-state index is -0.595. The van der Waals surface area contributed by atoms with Gasteiger partial charge in [-0.3, -0.25) is 14.9 Å². The maximum atomic E-state index is 12.0. The van der Waals surface area contributed by atoms with Gasteiger partial charge >= 0.3 is 0 Å². The second-order valence-corrected chi connectivity index (χ2v) is 4.28. The number of aryl methyl sites for hydroxylation is 1. The maximum absolute atomic E-state index is 12.0. The molecule has 0 aliphatic heterocycles. The molecule has 0 unspecified atom stereocenters. The quantitative estimate of drug-likeness (QED) is 0.510. The van der Waals surface area contributed by atoms with Gasteiger partial charge in [-0.1, -0.05) is 17.7 Å². The number of rotatable bonds is 3. The van der Waals surface area contributed by atoms with E-state index in [0.717, 1.165) is 17.7 Å². The summed E-state index contributed by atoms with van der Waals surface area (Å²) in [6.45, 7) is 1.85. The standard InChI is InChI=1S/C14H12N2O4/c1-9-3-2-4-10(7-9)14(18)15-12-8-11(16(19)20)5-6-13(12)17/h2-8,17H,1H3,(H,15,18). The minimum absolute atomic E-state index is 0.00528. The molecular formula is C14H12N2O4. The SMILES string of the molecule is Cc1cccc(C(=O)Nc2cc([N+](=O)[O-])ccc2O)c1. The molecule has 0 aliphatic rings. The second-order valence-electron chi connectivity index (χ2n) is 4.28. The third-order valence-electron chi connectivity index (χ3n) is 2.72. The minimum Gasteiger partial charge on any atom is -0.506 e. The lowest BCUT2D eigenvalue weighted by atomic mass is 10.1. The van der Waals surface area contributed by atoms with Gasteiger partial charge in [-0.25, -0.2) is 0 Å². The van der Waals surface area contributed by atoms with Crippen LogP contribution in [-0.4, -0.2) is 15.9 Å². The van der Waals surface area contributed by atoms with Crippen LogP contribution in [0, 0.1) is 17.0 Å². The molecule has 0 radical (unpaired) electrons. The van der Waals surface area contributed by atoms with E-state index in [9.17, 15) is 20.0 Å². The molecule has 0 spiro atoms. The number of hydrogen-bond acceptors (Lipinski definition) is 4. The number of benzene rings is 2. The highest BCUT2D eigenvalue weighted by Gasteiger charge is 2.13. The van der Waals surface area contributed by atoms with Crippen LogP contribution in [0.5, 0.6) is 5.75 Å². The Morgan fingerprint density at radius 1 is 1.25 bits per heavy atom. The van der Waals surface area contributed by atoms with E-state index in [-0.39, 0.29) is 17.1 Å². The summed E-state index contributed by atoms with van der Waals surface area (Å²) in [7, 11) is 0. The van der Waals surface area contributed by atoms with Crippen LogP contribution >= 0.6 is 0 Å². The molecule has 0 aliphatic carbocycles. The van der Waals surface area contributed by atoms with Gasteiger partial charge in [-0.15, -0.1) is 0 Å². The molecule has 0 heterocycles. The third kappa shape index (κ3) is 2.92. The molecule has 0 saturated carbocycles. The Morgan fingerprint density at radius 2 is 2.00 bits per heavy atom. The summed E-state index contributed by atoms with van der Waals surface area (Å²) in [5.74, 6) is -0.666. The smallest absolute Gasteiger partial charge is 0.271 e. The van der Waals surface area contributed by atoms with Crippen LogP contribution in [0.1, 0.15) is 15.9 Å². The average Bonchev–Trinajstić information content (AvgIpc) is 2.41. The monoisotopic (exact) mass is 272 g/mol. The molecule has 0 fully saturated rings. The summed E-state index contributed by atoms with van der Waals surface area (Å²) in [5.41, 5.74) is 1.13. The third-order valence-corrected chi connectivity index (χ3v) is 2.72. The van der Waals surface area contributed by atoms with Crippen molar-refractivity contribution >= 4 is 17.3 Å². The molecule has 2 rings (SSSR count). The fourth-order valence-corrected chi connectivity index (χ4v) is 1.72. The molecule has 2 aromatic carbocycles. The molecule has 0 atom stereocenters. The molecule has 102 valence electrons. The fraction of sp³-hybridized carbons (Fsp3) is 0.0714. The maximum Gasteiger partial charge on any atom is 0.271 e. The van der Waals surface area contributed by atoms with Crippen LogP contribution < -0.4 is 5.32 Å². The van der Waals surface area contributed by atoms with Gasteiger partial charge in [0.05, 0.1) is 10.6 Å². The first-order valence-electron chi connectivity index (χ1n) is 5.83. The van der Waals surface area contributed by atoms with Crippen LogP contribution in [-0.2, 0) is 0 Å². The highest BCUT2D eigenvalue weighted by Crippen LogP contribution is 2.28. The number of phenolic OH excluding ortho intramolecular Hbond substituents is 1. The van der Waals surface area contributed by atoms with E-state index < -0.39 is 10.8 Å². The Hall–Kier alpha value is -2.89. The first kappa shape index (κ1) is 13.5. The number of aromatic hydroxyl groups is 1. The molecule has 1 amide bonds. The van der Waals surface area contributed by atoms with Gasteiger partial charge in [-0.2, -0.15) is 0 Å². The number of amides is 1. The Kier molecular flexibility index (Phi) is 3.65. The highest BCUT2D eigenvalue weighted by atomic mass is 16.6. The topological polar surface area (TPSA) is 92.5 Å². The number of nitro groups is 1. The highest BCUT2D eigenvalue weighted by molar-refractivity contribution is 6.05. The van der Waals surface area contributed by atoms with Crippen molar-refractivity contribution in [1.29, 1.82) is 0 Å². The molecule has 0 aromatic heterocycles. The Morgan fingerprint density at radius 3 is 2.65 bits per heavy atom. The van der Waals surface area contributed by atoms with E-state index in [2.05, 4.69) is 5.32 Å². The predicted molar refractivity (Wildman–Crippen MR) is 73.9 cm³/mol. The van der Waals surface area contributed by atoms with Gasteiger partial charge in [0, 0.05) is 17.7 Å². The van der Waals surface area contributed by atoms with E-state index in [1.807, 2.05) is 13.0 Å². The number of hydrogen-bond donors (Lipinski definition) is 2. The van der Waals surface area contributed by atoms with Crippen LogP contribution in [0.4, 0.5) is 11.4 Å². The molecule has 6 heteroatoms. The largest absolute Gasteiger partial charge is 0.506 e. The zero-order valence-electron chi connectivity index (χ0n) is 10.7. The van der Waals surface area contributed by atoms with Crippen LogP contribution in [0.25, 0.3) is 0 Å². The summed E-state index contributed by atoms with van der Waals surface area (Å²) >= 11 is 0. The van der Waals surface area contributed by atoms with Gasteiger partial charge in [0.15, 0.2) is 0 Å². The lowest BCUT2D eigenvalue weighted by Gasteiger charge is -2.07. The molecule has 0 bridgehead atoms. The fourth-order valence-electron chi connectivity index (χ4n) is 1.72. The van der Waals surface area contributed by atoms with Crippen molar-refractivity contribution in [1.82, 2.24) is 0 Å². The van der Waals surface area contributed by atoms with Crippen molar-refractivity contribution in [3.8, 4) is 5.75 Å². The lowest BCUT2D eigenvalue weighted by molar-refractivity contribution is -0.384. The zero-order valence-corrected chi connectivity index (χ0v) is 10.7. The van der Waals surface area contributed by atoms with E-state index in [0.29, 0.717) is 5.56 Å². The summed E-state index contributed by atoms with van der Waals surface area (Å²) in [4.78, 5) is 22.1. The molecular weight excluding hydrogens is 260 g/mol. The average molecular weight is 272 g/mol. The Bertz CT molecular complexity index is 683. The number of carbonyl (C=O) groups excluding carboxylic acids is 1. The molecule has 20 heavy (non-hydrogen) atoms. The number of nitrogens with one attached hydrogen (secondary N) is 1. The summed E-state index contributed by atoms with van der Waals surface area (Å²) in [5, 5.41) is 22.8. The summed E-state index contributed by atoms with van der Waals surface area (Å²) in [6.07, 6.45) is 0. The van der Waals surface area contributed by atoms with Gasteiger partial charge < -0.3 is 10.4 Å². The first-order chi connectivity index (χ1) is 9.47. The second kappa shape index (κ2) is 5.40. The van der Waals surface area contributed by atoms with E-state index in [4.69, 9.17) is 0 Å². The van der Waals surface area contributed by atoms with Crippen molar-refractivity contribution in [3.05, 3.63) is 63.7 Å². The molecule has 2 aromatic rings. The first-order valence-corrected chi connectivity index (χ1v) is 5.83. The number of nitro benzene ring substituents is 1. The van der Waals surface area contributed by atoms with Gasteiger partial charge in [0.2, 0.25) is 0 Å². The van der Waals surface area contributed by atoms with Crippen LogP contribution in [0.3, 0.4) is 0 Å². The van der Waals surface area contributed by atoms with E-state index >= 15 is 0 Å². The van der Waals surface area contributed by atoms with Crippen LogP contribution in [0.15, 0.2) is 42.5 Å². The normalized spacial score (nSPS) is 10.1. The van der Waals surface area contributed by atoms with E-state index in [1.54, 1.807) is 18.2 Å². The number of carbonyl (C=O) groups is 1. The number of nitrogens with zero attached hydrogens (tertiary/aromatic N) is 1. The lowest BCUT2D eigenvalue weighted by Crippen LogP contribution is -2.12. The van der Waals surface area contributed by atoms with Crippen molar-refractivity contribution in [2.45, 2.75) is 6.92 Å². The van der Waals surface area contributed by atoms with E-state index in [1.165, 1.54) is 6.07 Å². The van der Waals surface area contributed by atoms with Crippen LogP contribution in [0.2, 0.25) is 0 Å². The summed E-state index contributed by atoms with van der Waals surface area (Å²) in [6, 6.07) is 10.3.